The highest BCUT2D eigenvalue weighted by Crippen LogP contribution is 2.34. The number of nitrogens with zero attached hydrogens (tertiary/aromatic N) is 2. The van der Waals surface area contributed by atoms with Crippen LogP contribution in [0.1, 0.15) is 6.92 Å². The van der Waals surface area contributed by atoms with Crippen molar-refractivity contribution in [3.63, 3.8) is 0 Å². The molecule has 0 fully saturated rings. The fourth-order valence-electron chi connectivity index (χ4n) is 2.18. The molecule has 0 N–H and O–H groups in total. The van der Waals surface area contributed by atoms with Gasteiger partial charge in [0.1, 0.15) is 0 Å². The van der Waals surface area contributed by atoms with Crippen molar-refractivity contribution >= 4 is 11.7 Å². The van der Waals surface area contributed by atoms with Crippen LogP contribution in [-0.4, -0.2) is 24.0 Å². The lowest BCUT2D eigenvalue weighted by Gasteiger charge is -2.29. The molecule has 0 saturated carbocycles. The summed E-state index contributed by atoms with van der Waals surface area (Å²) in [6.45, 7) is 1.75. The molecule has 0 bridgehead atoms. The maximum atomic E-state index is 11.8. The number of pyridine rings is 1. The monoisotopic (exact) mass is 254 g/mol. The maximum Gasteiger partial charge on any atom is 0.268 e. The summed E-state index contributed by atoms with van der Waals surface area (Å²) in [4.78, 5) is 17.7. The van der Waals surface area contributed by atoms with Gasteiger partial charge in [0.15, 0.2) is 17.7 Å². The SMILES string of the molecule is CC1Oc2cc(-c3ccccc3)cnc2N(C)C1=O. The van der Waals surface area contributed by atoms with Crippen LogP contribution in [0.3, 0.4) is 0 Å². The van der Waals surface area contributed by atoms with Crippen LogP contribution in [0.5, 0.6) is 5.75 Å². The van der Waals surface area contributed by atoms with Gasteiger partial charge in [0.05, 0.1) is 0 Å². The van der Waals surface area contributed by atoms with E-state index in [1.54, 1.807) is 20.2 Å². The summed E-state index contributed by atoms with van der Waals surface area (Å²) in [6, 6.07) is 11.9. The first-order valence-corrected chi connectivity index (χ1v) is 6.16. The van der Waals surface area contributed by atoms with Crippen LogP contribution in [-0.2, 0) is 4.79 Å². The molecule has 1 aromatic carbocycles. The Balaban J connectivity index is 2.06. The average molecular weight is 254 g/mol. The third kappa shape index (κ3) is 1.95. The highest BCUT2D eigenvalue weighted by Gasteiger charge is 2.30. The minimum atomic E-state index is -0.467. The number of aromatic nitrogens is 1. The van der Waals surface area contributed by atoms with Gasteiger partial charge in [-0.25, -0.2) is 4.98 Å². The summed E-state index contributed by atoms with van der Waals surface area (Å²) >= 11 is 0. The van der Waals surface area contributed by atoms with Crippen LogP contribution in [0.15, 0.2) is 42.6 Å². The second-order valence-electron chi connectivity index (χ2n) is 4.57. The van der Waals surface area contributed by atoms with Crippen molar-refractivity contribution in [1.82, 2.24) is 4.98 Å². The van der Waals surface area contributed by atoms with Crippen LogP contribution in [0.2, 0.25) is 0 Å². The molecule has 4 heteroatoms. The summed E-state index contributed by atoms with van der Waals surface area (Å²) in [5, 5.41) is 0. The van der Waals surface area contributed by atoms with Crippen molar-refractivity contribution in [2.24, 2.45) is 0 Å². The Morgan fingerprint density at radius 1 is 1.21 bits per heavy atom. The van der Waals surface area contributed by atoms with Gasteiger partial charge in [-0.15, -0.1) is 0 Å². The van der Waals surface area contributed by atoms with Crippen LogP contribution in [0.25, 0.3) is 11.1 Å². The first-order chi connectivity index (χ1) is 9.16. The molecule has 0 spiro atoms. The molecule has 1 atom stereocenters. The zero-order valence-corrected chi connectivity index (χ0v) is 10.8. The first kappa shape index (κ1) is 11.7. The number of hydrogen-bond donors (Lipinski definition) is 0. The molecule has 4 nitrogen and oxygen atoms in total. The highest BCUT2D eigenvalue weighted by molar-refractivity contribution is 5.98. The largest absolute Gasteiger partial charge is 0.477 e. The highest BCUT2D eigenvalue weighted by atomic mass is 16.5. The van der Waals surface area contributed by atoms with Crippen molar-refractivity contribution in [3.8, 4) is 16.9 Å². The fraction of sp³-hybridized carbons (Fsp3) is 0.200. The topological polar surface area (TPSA) is 42.4 Å². The number of benzene rings is 1. The Labute approximate surface area is 111 Å². The number of likely N-dealkylation sites (N-methyl/N-ethyl adjacent to an activating group) is 1. The molecule has 1 aliphatic rings. The number of anilines is 1. The third-order valence-corrected chi connectivity index (χ3v) is 3.24. The molecule has 19 heavy (non-hydrogen) atoms. The van der Waals surface area contributed by atoms with E-state index >= 15 is 0 Å². The average Bonchev–Trinajstić information content (AvgIpc) is 2.45. The third-order valence-electron chi connectivity index (χ3n) is 3.24. The standard InChI is InChI=1S/C15H14N2O2/c1-10-15(18)17(2)14-13(19-10)8-12(9-16-14)11-6-4-3-5-7-11/h3-10H,1-2H3. The van der Waals surface area contributed by atoms with Gasteiger partial charge in [0, 0.05) is 18.8 Å². The Kier molecular flexibility index (Phi) is 2.71. The Hall–Kier alpha value is -2.36. The smallest absolute Gasteiger partial charge is 0.268 e. The van der Waals surface area contributed by atoms with Gasteiger partial charge < -0.3 is 4.74 Å². The van der Waals surface area contributed by atoms with Gasteiger partial charge >= 0.3 is 0 Å². The van der Waals surface area contributed by atoms with E-state index in [1.807, 2.05) is 36.4 Å². The van der Waals surface area contributed by atoms with Gasteiger partial charge in [0.25, 0.3) is 5.91 Å². The van der Waals surface area contributed by atoms with E-state index in [1.165, 1.54) is 4.90 Å². The number of hydrogen-bond acceptors (Lipinski definition) is 3. The van der Waals surface area contributed by atoms with Gasteiger partial charge in [-0.1, -0.05) is 30.3 Å². The zero-order valence-electron chi connectivity index (χ0n) is 10.8. The molecular formula is C15H14N2O2. The summed E-state index contributed by atoms with van der Waals surface area (Å²) in [7, 11) is 1.72. The van der Waals surface area contributed by atoms with Crippen LogP contribution in [0, 0.1) is 0 Å². The molecule has 0 saturated heterocycles. The fourth-order valence-corrected chi connectivity index (χ4v) is 2.18. The van der Waals surface area contributed by atoms with Crippen molar-refractivity contribution in [3.05, 3.63) is 42.6 Å². The van der Waals surface area contributed by atoms with E-state index in [-0.39, 0.29) is 5.91 Å². The van der Waals surface area contributed by atoms with E-state index < -0.39 is 6.10 Å². The molecule has 1 aliphatic heterocycles. The van der Waals surface area contributed by atoms with Crippen LogP contribution < -0.4 is 9.64 Å². The minimum absolute atomic E-state index is 0.0764. The molecule has 2 heterocycles. The van der Waals surface area contributed by atoms with E-state index in [9.17, 15) is 4.79 Å². The van der Waals surface area contributed by atoms with Crippen molar-refractivity contribution in [2.75, 3.05) is 11.9 Å². The first-order valence-electron chi connectivity index (χ1n) is 6.16. The zero-order chi connectivity index (χ0) is 13.4. The Bertz CT molecular complexity index is 625. The van der Waals surface area contributed by atoms with Gasteiger partial charge in [-0.05, 0) is 18.6 Å². The van der Waals surface area contributed by atoms with Crippen molar-refractivity contribution in [2.45, 2.75) is 13.0 Å². The molecule has 1 amide bonds. The number of rotatable bonds is 1. The number of carbonyl (C=O) groups is 1. The Morgan fingerprint density at radius 2 is 1.95 bits per heavy atom. The van der Waals surface area contributed by atoms with Gasteiger partial charge in [0.2, 0.25) is 0 Å². The summed E-state index contributed by atoms with van der Waals surface area (Å²) < 4.78 is 5.62. The molecule has 0 radical (unpaired) electrons. The summed E-state index contributed by atoms with van der Waals surface area (Å²) in [5.41, 5.74) is 2.06. The number of amides is 1. The van der Waals surface area contributed by atoms with E-state index in [2.05, 4.69) is 4.98 Å². The van der Waals surface area contributed by atoms with Crippen LogP contribution >= 0.6 is 0 Å². The summed E-state index contributed by atoms with van der Waals surface area (Å²) in [6.07, 6.45) is 1.29. The number of fused-ring (bicyclic) bond motifs is 1. The molecule has 96 valence electrons. The van der Waals surface area contributed by atoms with Gasteiger partial charge in [-0.3, -0.25) is 9.69 Å². The van der Waals surface area contributed by atoms with E-state index in [0.29, 0.717) is 11.6 Å². The second-order valence-corrected chi connectivity index (χ2v) is 4.57. The Morgan fingerprint density at radius 3 is 2.68 bits per heavy atom. The lowest BCUT2D eigenvalue weighted by atomic mass is 10.1. The molecule has 1 aromatic heterocycles. The van der Waals surface area contributed by atoms with Crippen molar-refractivity contribution < 1.29 is 9.53 Å². The normalized spacial score (nSPS) is 17.9. The predicted octanol–water partition coefficient (Wildman–Crippen LogP) is 2.49. The lowest BCUT2D eigenvalue weighted by Crippen LogP contribution is -2.42. The number of carbonyl (C=O) groups excluding carboxylic acids is 1. The molecule has 3 rings (SSSR count). The van der Waals surface area contributed by atoms with Crippen molar-refractivity contribution in [1.29, 1.82) is 0 Å². The minimum Gasteiger partial charge on any atom is -0.477 e. The lowest BCUT2D eigenvalue weighted by molar-refractivity contribution is -0.125. The summed E-state index contributed by atoms with van der Waals surface area (Å²) in [5.74, 6) is 1.14. The maximum absolute atomic E-state index is 11.8. The molecule has 2 aromatic rings. The predicted molar refractivity (Wildman–Crippen MR) is 73.2 cm³/mol. The quantitative estimate of drug-likeness (QED) is 0.785. The van der Waals surface area contributed by atoms with E-state index in [0.717, 1.165) is 11.1 Å². The molecular weight excluding hydrogens is 240 g/mol. The van der Waals surface area contributed by atoms with Crippen LogP contribution in [0.4, 0.5) is 5.82 Å². The number of ether oxygens (including phenoxy) is 1. The molecule has 0 aliphatic carbocycles. The van der Waals surface area contributed by atoms with E-state index in [4.69, 9.17) is 4.74 Å². The second kappa shape index (κ2) is 4.39. The molecule has 1 unspecified atom stereocenters. The van der Waals surface area contributed by atoms with Gasteiger partial charge in [-0.2, -0.15) is 0 Å².